The molecule has 1 saturated heterocycles. The lowest BCUT2D eigenvalue weighted by molar-refractivity contribution is 0.414. The van der Waals surface area contributed by atoms with Crippen molar-refractivity contribution in [2.24, 2.45) is 0 Å². The van der Waals surface area contributed by atoms with Gasteiger partial charge in [0.25, 0.3) is 0 Å². The van der Waals surface area contributed by atoms with Gasteiger partial charge in [0.05, 0.1) is 11.4 Å². The van der Waals surface area contributed by atoms with E-state index in [1.807, 2.05) is 18.2 Å². The first-order chi connectivity index (χ1) is 7.15. The lowest BCUT2D eigenvalue weighted by Crippen LogP contribution is -2.23. The molecule has 0 bridgehead atoms. The van der Waals surface area contributed by atoms with Gasteiger partial charge < -0.3 is 16.0 Å². The van der Waals surface area contributed by atoms with Crippen molar-refractivity contribution in [3.63, 3.8) is 0 Å². The number of likely N-dealkylation sites (N-methyl/N-ethyl adjacent to an activating group) is 1. The maximum Gasteiger partial charge on any atom is 0.0587 e. The molecule has 0 saturated carbocycles. The van der Waals surface area contributed by atoms with Gasteiger partial charge in [0.1, 0.15) is 0 Å². The van der Waals surface area contributed by atoms with Crippen molar-refractivity contribution in [3.8, 4) is 0 Å². The molecule has 0 radical (unpaired) electrons. The topological polar surface area (TPSA) is 41.3 Å². The first kappa shape index (κ1) is 10.8. The van der Waals surface area contributed by atoms with Crippen LogP contribution in [0, 0.1) is 0 Å². The molecule has 0 aliphatic carbocycles. The molecule has 0 spiro atoms. The Morgan fingerprint density at radius 1 is 1.53 bits per heavy atom. The summed E-state index contributed by atoms with van der Waals surface area (Å²) in [5, 5.41) is 3.48. The first-order valence-corrected chi connectivity index (χ1v) is 5.94. The summed E-state index contributed by atoms with van der Waals surface area (Å²) in [5.74, 6) is 0. The van der Waals surface area contributed by atoms with Crippen LogP contribution < -0.4 is 11.1 Å². The normalized spacial score (nSPS) is 21.9. The van der Waals surface area contributed by atoms with Gasteiger partial charge in [-0.1, -0.05) is 15.9 Å². The third-order valence-electron chi connectivity index (χ3n) is 2.77. The molecule has 1 atom stereocenters. The number of anilines is 2. The fourth-order valence-corrected chi connectivity index (χ4v) is 2.29. The van der Waals surface area contributed by atoms with Gasteiger partial charge in [-0.25, -0.2) is 0 Å². The van der Waals surface area contributed by atoms with Crippen molar-refractivity contribution in [2.75, 3.05) is 31.2 Å². The summed E-state index contributed by atoms with van der Waals surface area (Å²) in [4.78, 5) is 2.33. The summed E-state index contributed by atoms with van der Waals surface area (Å²) < 4.78 is 1.06. The Labute approximate surface area is 98.8 Å². The lowest BCUT2D eigenvalue weighted by Gasteiger charge is -2.16. The molecule has 2 rings (SSSR count). The van der Waals surface area contributed by atoms with Crippen molar-refractivity contribution in [1.29, 1.82) is 0 Å². The summed E-state index contributed by atoms with van der Waals surface area (Å²) in [6, 6.07) is 6.44. The molecule has 82 valence electrons. The molecule has 1 aromatic carbocycles. The number of nitrogens with one attached hydrogen (secondary N) is 1. The van der Waals surface area contributed by atoms with Gasteiger partial charge in [-0.05, 0) is 38.2 Å². The zero-order valence-electron chi connectivity index (χ0n) is 8.83. The summed E-state index contributed by atoms with van der Waals surface area (Å²) in [6.07, 6.45) is 1.18. The third kappa shape index (κ3) is 2.63. The van der Waals surface area contributed by atoms with E-state index in [9.17, 15) is 0 Å². The van der Waals surface area contributed by atoms with E-state index in [1.54, 1.807) is 0 Å². The molecule has 1 unspecified atom stereocenters. The number of hydrogen-bond acceptors (Lipinski definition) is 3. The Balaban J connectivity index is 2.07. The van der Waals surface area contributed by atoms with Gasteiger partial charge in [-0.3, -0.25) is 0 Å². The summed E-state index contributed by atoms with van der Waals surface area (Å²) in [7, 11) is 2.14. The summed E-state index contributed by atoms with van der Waals surface area (Å²) >= 11 is 3.45. The molecule has 1 aliphatic heterocycles. The van der Waals surface area contributed by atoms with Gasteiger partial charge in [0.2, 0.25) is 0 Å². The maximum absolute atomic E-state index is 5.91. The molecule has 15 heavy (non-hydrogen) atoms. The molecule has 1 fully saturated rings. The van der Waals surface area contributed by atoms with E-state index in [0.717, 1.165) is 28.9 Å². The van der Waals surface area contributed by atoms with Crippen LogP contribution in [0.25, 0.3) is 0 Å². The second-order valence-electron chi connectivity index (χ2n) is 4.12. The molecule has 4 heteroatoms. The van der Waals surface area contributed by atoms with Crippen LogP contribution in [0.5, 0.6) is 0 Å². The standard InChI is InChI=1S/C11H16BrN3/c1-15-5-4-9(7-15)14-11-6-8(12)2-3-10(11)13/h2-3,6,9,14H,4-5,7,13H2,1H3. The van der Waals surface area contributed by atoms with Gasteiger partial charge in [-0.2, -0.15) is 0 Å². The monoisotopic (exact) mass is 269 g/mol. The predicted molar refractivity (Wildman–Crippen MR) is 68.1 cm³/mol. The van der Waals surface area contributed by atoms with Crippen LogP contribution in [-0.2, 0) is 0 Å². The van der Waals surface area contributed by atoms with Crippen LogP contribution in [0.2, 0.25) is 0 Å². The maximum atomic E-state index is 5.91. The number of likely N-dealkylation sites (tertiary alicyclic amines) is 1. The van der Waals surface area contributed by atoms with E-state index in [4.69, 9.17) is 5.73 Å². The lowest BCUT2D eigenvalue weighted by atomic mass is 10.2. The molecular formula is C11H16BrN3. The van der Waals surface area contributed by atoms with Crippen molar-refractivity contribution in [2.45, 2.75) is 12.5 Å². The Morgan fingerprint density at radius 3 is 3.00 bits per heavy atom. The molecule has 3 nitrogen and oxygen atoms in total. The highest BCUT2D eigenvalue weighted by Gasteiger charge is 2.19. The third-order valence-corrected chi connectivity index (χ3v) is 3.26. The Morgan fingerprint density at radius 2 is 2.33 bits per heavy atom. The van der Waals surface area contributed by atoms with Gasteiger partial charge in [0.15, 0.2) is 0 Å². The average molecular weight is 270 g/mol. The van der Waals surface area contributed by atoms with Gasteiger partial charge in [0, 0.05) is 17.1 Å². The Kier molecular flexibility index (Phi) is 3.17. The highest BCUT2D eigenvalue weighted by molar-refractivity contribution is 9.10. The van der Waals surface area contributed by atoms with Crippen LogP contribution in [0.1, 0.15) is 6.42 Å². The Bertz CT molecular complexity index is 354. The molecule has 0 aromatic heterocycles. The second kappa shape index (κ2) is 4.41. The number of hydrogen-bond donors (Lipinski definition) is 2. The quantitative estimate of drug-likeness (QED) is 0.809. The van der Waals surface area contributed by atoms with Crippen molar-refractivity contribution < 1.29 is 0 Å². The number of nitrogens with two attached hydrogens (primary N) is 1. The predicted octanol–water partition coefficient (Wildman–Crippen LogP) is 2.15. The minimum absolute atomic E-state index is 0.520. The zero-order chi connectivity index (χ0) is 10.8. The number of halogens is 1. The zero-order valence-corrected chi connectivity index (χ0v) is 10.4. The minimum atomic E-state index is 0.520. The molecule has 3 N–H and O–H groups in total. The first-order valence-electron chi connectivity index (χ1n) is 5.15. The van der Waals surface area contributed by atoms with Gasteiger partial charge >= 0.3 is 0 Å². The molecule has 1 aromatic rings. The van der Waals surface area contributed by atoms with Crippen molar-refractivity contribution in [3.05, 3.63) is 22.7 Å². The van der Waals surface area contributed by atoms with E-state index in [2.05, 4.69) is 33.2 Å². The van der Waals surface area contributed by atoms with Crippen molar-refractivity contribution in [1.82, 2.24) is 4.90 Å². The van der Waals surface area contributed by atoms with Crippen LogP contribution in [0.15, 0.2) is 22.7 Å². The number of rotatable bonds is 2. The van der Waals surface area contributed by atoms with E-state index < -0.39 is 0 Å². The van der Waals surface area contributed by atoms with Crippen LogP contribution >= 0.6 is 15.9 Å². The SMILES string of the molecule is CN1CCC(Nc2cc(Br)ccc2N)C1. The largest absolute Gasteiger partial charge is 0.397 e. The van der Waals surface area contributed by atoms with Crippen LogP contribution in [0.4, 0.5) is 11.4 Å². The summed E-state index contributed by atoms with van der Waals surface area (Å²) in [5.41, 5.74) is 7.75. The summed E-state index contributed by atoms with van der Waals surface area (Å²) in [6.45, 7) is 2.25. The number of nitrogens with zero attached hydrogens (tertiary/aromatic N) is 1. The number of nitrogen functional groups attached to an aromatic ring is 1. The van der Waals surface area contributed by atoms with E-state index >= 15 is 0 Å². The highest BCUT2D eigenvalue weighted by atomic mass is 79.9. The molecule has 1 aliphatic rings. The van der Waals surface area contributed by atoms with Crippen LogP contribution in [-0.4, -0.2) is 31.1 Å². The van der Waals surface area contributed by atoms with Crippen LogP contribution in [0.3, 0.4) is 0 Å². The number of benzene rings is 1. The fourth-order valence-electron chi connectivity index (χ4n) is 1.93. The fraction of sp³-hybridized carbons (Fsp3) is 0.455. The molecular weight excluding hydrogens is 254 g/mol. The Hall–Kier alpha value is -0.740. The van der Waals surface area contributed by atoms with E-state index in [-0.39, 0.29) is 0 Å². The molecule has 1 heterocycles. The minimum Gasteiger partial charge on any atom is -0.397 e. The highest BCUT2D eigenvalue weighted by Crippen LogP contribution is 2.25. The smallest absolute Gasteiger partial charge is 0.0587 e. The van der Waals surface area contributed by atoms with Crippen molar-refractivity contribution >= 4 is 27.3 Å². The molecule has 0 amide bonds. The average Bonchev–Trinajstić information content (AvgIpc) is 2.58. The van der Waals surface area contributed by atoms with E-state index in [0.29, 0.717) is 6.04 Å². The van der Waals surface area contributed by atoms with Gasteiger partial charge in [-0.15, -0.1) is 0 Å². The second-order valence-corrected chi connectivity index (χ2v) is 5.04. The van der Waals surface area contributed by atoms with E-state index in [1.165, 1.54) is 6.42 Å².